The second-order valence-electron chi connectivity index (χ2n) is 8.30. The van der Waals surface area contributed by atoms with Crippen molar-refractivity contribution in [2.45, 2.75) is 49.6 Å². The van der Waals surface area contributed by atoms with Crippen LogP contribution in [0.2, 0.25) is 0 Å². The molecule has 2 atom stereocenters. The molecular formula is C25H29N3O5S. The second-order valence-corrected chi connectivity index (χ2v) is 9.18. The minimum absolute atomic E-state index is 0.238. The van der Waals surface area contributed by atoms with Crippen LogP contribution in [0.4, 0.5) is 0 Å². The van der Waals surface area contributed by atoms with E-state index in [4.69, 9.17) is 9.47 Å². The Kier molecular flexibility index (Phi) is 8.08. The smallest absolute Gasteiger partial charge is 0.289 e. The number of ether oxygens (including phenoxy) is 2. The summed E-state index contributed by atoms with van der Waals surface area (Å²) in [6.45, 7) is 3.44. The number of nitrogens with one attached hydrogen (secondary N) is 3. The Morgan fingerprint density at radius 2 is 1.85 bits per heavy atom. The molecule has 8 nitrogen and oxygen atoms in total. The van der Waals surface area contributed by atoms with Gasteiger partial charge in [0.25, 0.3) is 5.91 Å². The predicted molar refractivity (Wildman–Crippen MR) is 129 cm³/mol. The highest BCUT2D eigenvalue weighted by atomic mass is 32.2. The first-order chi connectivity index (χ1) is 16.5. The van der Waals surface area contributed by atoms with Gasteiger partial charge in [-0.05, 0) is 48.0 Å². The van der Waals surface area contributed by atoms with Gasteiger partial charge in [-0.1, -0.05) is 43.7 Å². The number of hydrogen-bond acceptors (Lipinski definition) is 7. The molecule has 0 saturated heterocycles. The highest BCUT2D eigenvalue weighted by molar-refractivity contribution is 7.97. The summed E-state index contributed by atoms with van der Waals surface area (Å²) in [5, 5.41) is 5.48. The van der Waals surface area contributed by atoms with E-state index >= 15 is 0 Å². The molecule has 1 unspecified atom stereocenters. The van der Waals surface area contributed by atoms with Crippen LogP contribution in [-0.2, 0) is 27.2 Å². The van der Waals surface area contributed by atoms with Gasteiger partial charge < -0.3 is 20.1 Å². The van der Waals surface area contributed by atoms with E-state index in [2.05, 4.69) is 15.4 Å². The maximum absolute atomic E-state index is 13.2. The third kappa shape index (κ3) is 5.90. The molecule has 2 heterocycles. The van der Waals surface area contributed by atoms with E-state index in [-0.39, 0.29) is 12.3 Å². The third-order valence-corrected chi connectivity index (χ3v) is 6.73. The van der Waals surface area contributed by atoms with E-state index in [9.17, 15) is 14.4 Å². The Balaban J connectivity index is 1.45. The lowest BCUT2D eigenvalue weighted by atomic mass is 10.00. The predicted octanol–water partition coefficient (Wildman–Crippen LogP) is 2.19. The number of fused-ring (bicyclic) bond motifs is 2. The van der Waals surface area contributed by atoms with E-state index in [0.717, 1.165) is 28.9 Å². The van der Waals surface area contributed by atoms with E-state index in [1.807, 2.05) is 49.4 Å². The topological polar surface area (TPSA) is 106 Å². The van der Waals surface area contributed by atoms with Gasteiger partial charge in [-0.25, -0.2) is 4.72 Å². The van der Waals surface area contributed by atoms with Crippen molar-refractivity contribution < 1.29 is 23.9 Å². The summed E-state index contributed by atoms with van der Waals surface area (Å²) < 4.78 is 14.5. The molecule has 0 radical (unpaired) electrons. The van der Waals surface area contributed by atoms with Crippen LogP contribution >= 0.6 is 11.9 Å². The zero-order valence-corrected chi connectivity index (χ0v) is 19.9. The first-order valence-electron chi connectivity index (χ1n) is 11.6. The molecule has 3 N–H and O–H groups in total. The Hall–Kier alpha value is -3.04. The van der Waals surface area contributed by atoms with E-state index < -0.39 is 23.8 Å². The van der Waals surface area contributed by atoms with Crippen molar-refractivity contribution in [1.82, 2.24) is 15.4 Å². The summed E-state index contributed by atoms with van der Waals surface area (Å²) in [7, 11) is 0. The highest BCUT2D eigenvalue weighted by Crippen LogP contribution is 2.39. The van der Waals surface area contributed by atoms with Crippen LogP contribution in [0.3, 0.4) is 0 Å². The molecule has 180 valence electrons. The maximum Gasteiger partial charge on any atom is 0.289 e. The summed E-state index contributed by atoms with van der Waals surface area (Å²) in [5.74, 6) is -0.271. The lowest BCUT2D eigenvalue weighted by Crippen LogP contribution is -2.54. The van der Waals surface area contributed by atoms with Crippen LogP contribution in [0, 0.1) is 0 Å². The summed E-state index contributed by atoms with van der Waals surface area (Å²) in [6, 6.07) is 11.7. The van der Waals surface area contributed by atoms with Gasteiger partial charge in [0, 0.05) is 17.9 Å². The van der Waals surface area contributed by atoms with Gasteiger partial charge in [-0.15, -0.1) is 0 Å². The molecule has 4 rings (SSSR count). The van der Waals surface area contributed by atoms with Gasteiger partial charge in [0.05, 0.1) is 0 Å². The molecule has 2 aromatic carbocycles. The Morgan fingerprint density at radius 3 is 2.59 bits per heavy atom. The average Bonchev–Trinajstić information content (AvgIpc) is 2.87. The summed E-state index contributed by atoms with van der Waals surface area (Å²) in [6.07, 6.45) is 2.36. The second kappa shape index (κ2) is 11.4. The van der Waals surface area contributed by atoms with Crippen molar-refractivity contribution in [3.05, 3.63) is 53.6 Å². The van der Waals surface area contributed by atoms with Crippen LogP contribution < -0.4 is 24.8 Å². The molecule has 0 spiro atoms. The Labute approximate surface area is 203 Å². The fourth-order valence-corrected chi connectivity index (χ4v) is 4.76. The fourth-order valence-electron chi connectivity index (χ4n) is 3.86. The number of unbranched alkanes of at least 4 members (excludes halogenated alkanes) is 1. The molecule has 2 aliphatic heterocycles. The van der Waals surface area contributed by atoms with Crippen molar-refractivity contribution in [3.8, 4) is 11.5 Å². The standard InChI is InChI=1S/C25H29N3O5S/c1-2-3-9-26-25(31)23(29)18(12-16-7-5-4-6-8-16)27-24(30)19-13-17-14-20-21(33-11-10-32-20)15-22(17)34-28-19/h4-8,14-15,18-19,28H,2-3,9-13H2,1H3,(H,26,31)(H,27,30)/t18-,19?/m0/s1. The average molecular weight is 484 g/mol. The van der Waals surface area contributed by atoms with Gasteiger partial charge in [0.2, 0.25) is 11.7 Å². The van der Waals surface area contributed by atoms with Gasteiger partial charge in [0.15, 0.2) is 11.5 Å². The van der Waals surface area contributed by atoms with Crippen LogP contribution in [0.1, 0.15) is 30.9 Å². The number of ketones is 1. The minimum Gasteiger partial charge on any atom is -0.486 e. The summed E-state index contributed by atoms with van der Waals surface area (Å²) in [4.78, 5) is 39.5. The molecule has 0 aromatic heterocycles. The van der Waals surface area contributed by atoms with Crippen molar-refractivity contribution >= 4 is 29.5 Å². The van der Waals surface area contributed by atoms with Crippen LogP contribution in [0.15, 0.2) is 47.4 Å². The third-order valence-electron chi connectivity index (χ3n) is 5.73. The molecule has 0 saturated carbocycles. The molecule has 2 aliphatic rings. The lowest BCUT2D eigenvalue weighted by molar-refractivity contribution is -0.140. The van der Waals surface area contributed by atoms with Gasteiger partial charge in [0.1, 0.15) is 25.3 Å². The molecule has 0 fully saturated rings. The Bertz CT molecular complexity index is 1050. The molecule has 0 bridgehead atoms. The Morgan fingerprint density at radius 1 is 1.12 bits per heavy atom. The highest BCUT2D eigenvalue weighted by Gasteiger charge is 2.32. The number of rotatable bonds is 9. The zero-order valence-electron chi connectivity index (χ0n) is 19.1. The summed E-state index contributed by atoms with van der Waals surface area (Å²) >= 11 is 1.35. The first-order valence-corrected chi connectivity index (χ1v) is 12.4. The number of benzene rings is 2. The van der Waals surface area contributed by atoms with E-state index in [1.165, 1.54) is 11.9 Å². The van der Waals surface area contributed by atoms with E-state index in [0.29, 0.717) is 37.7 Å². The number of amides is 2. The monoisotopic (exact) mass is 483 g/mol. The van der Waals surface area contributed by atoms with E-state index in [1.54, 1.807) is 0 Å². The number of carbonyl (C=O) groups is 3. The SMILES string of the molecule is CCCCNC(=O)C(=O)[C@H](Cc1ccccc1)NC(=O)C1Cc2cc3c(cc2SN1)OCCO3. The normalized spacial score (nSPS) is 17.3. The number of hydrogen-bond donors (Lipinski definition) is 3. The summed E-state index contributed by atoms with van der Waals surface area (Å²) in [5.41, 5.74) is 1.83. The fraction of sp³-hybridized carbons (Fsp3) is 0.400. The molecule has 2 amide bonds. The molecule has 9 heteroatoms. The zero-order chi connectivity index (χ0) is 23.9. The van der Waals surface area contributed by atoms with Crippen molar-refractivity contribution in [2.24, 2.45) is 0 Å². The minimum atomic E-state index is -0.954. The molecule has 34 heavy (non-hydrogen) atoms. The molecule has 2 aromatic rings. The van der Waals surface area contributed by atoms with Crippen molar-refractivity contribution in [1.29, 1.82) is 0 Å². The molecule has 0 aliphatic carbocycles. The van der Waals surface area contributed by atoms with Gasteiger partial charge >= 0.3 is 0 Å². The van der Waals surface area contributed by atoms with Crippen LogP contribution in [0.25, 0.3) is 0 Å². The van der Waals surface area contributed by atoms with Crippen molar-refractivity contribution in [2.75, 3.05) is 19.8 Å². The first kappa shape index (κ1) is 24.1. The largest absolute Gasteiger partial charge is 0.486 e. The maximum atomic E-state index is 13.2. The number of Topliss-reactive ketones (excluding diaryl/α,β-unsaturated/α-hetero) is 1. The van der Waals surface area contributed by atoms with Crippen LogP contribution in [-0.4, -0.2) is 49.4 Å². The van der Waals surface area contributed by atoms with Crippen molar-refractivity contribution in [3.63, 3.8) is 0 Å². The quantitative estimate of drug-likeness (QED) is 0.285. The van der Waals surface area contributed by atoms with Crippen LogP contribution in [0.5, 0.6) is 11.5 Å². The number of carbonyl (C=O) groups excluding carboxylic acids is 3. The van der Waals surface area contributed by atoms with Gasteiger partial charge in [-0.2, -0.15) is 0 Å². The lowest BCUT2D eigenvalue weighted by Gasteiger charge is -2.28. The molecular weight excluding hydrogens is 454 g/mol. The van der Waals surface area contributed by atoms with Gasteiger partial charge in [-0.3, -0.25) is 14.4 Å².